The van der Waals surface area contributed by atoms with Crippen LogP contribution in [0.3, 0.4) is 0 Å². The SMILES string of the molecule is O=C(N[C@@H]1CCCN(C(=O)c2ccccc2)C1)c1ccc(F)c(F)c1. The highest BCUT2D eigenvalue weighted by Crippen LogP contribution is 2.15. The number of amides is 2. The lowest BCUT2D eigenvalue weighted by molar-refractivity contribution is 0.0676. The maximum atomic E-state index is 13.3. The van der Waals surface area contributed by atoms with Crippen LogP contribution in [0.5, 0.6) is 0 Å². The van der Waals surface area contributed by atoms with Gasteiger partial charge in [0.15, 0.2) is 11.6 Å². The molecule has 1 N–H and O–H groups in total. The standard InChI is InChI=1S/C19H18F2N2O2/c20-16-9-8-14(11-17(16)21)18(24)22-15-7-4-10-23(12-15)19(25)13-5-2-1-3-6-13/h1-3,5-6,8-9,11,15H,4,7,10,12H2,(H,22,24)/t15-/m1/s1. The van der Waals surface area contributed by atoms with Crippen LogP contribution < -0.4 is 5.32 Å². The van der Waals surface area contributed by atoms with Crippen molar-refractivity contribution in [3.8, 4) is 0 Å². The Balaban J connectivity index is 1.64. The molecule has 3 rings (SSSR count). The topological polar surface area (TPSA) is 49.4 Å². The molecular formula is C19H18F2N2O2. The smallest absolute Gasteiger partial charge is 0.253 e. The summed E-state index contributed by atoms with van der Waals surface area (Å²) in [5, 5.41) is 2.80. The molecule has 25 heavy (non-hydrogen) atoms. The first kappa shape index (κ1) is 17.1. The number of hydrogen-bond donors (Lipinski definition) is 1. The Bertz CT molecular complexity index is 780. The second-order valence-electron chi connectivity index (χ2n) is 6.06. The van der Waals surface area contributed by atoms with Gasteiger partial charge in [-0.25, -0.2) is 8.78 Å². The van der Waals surface area contributed by atoms with E-state index in [4.69, 9.17) is 0 Å². The van der Waals surface area contributed by atoms with Crippen LogP contribution in [0.2, 0.25) is 0 Å². The molecule has 4 nitrogen and oxygen atoms in total. The van der Waals surface area contributed by atoms with E-state index in [1.807, 2.05) is 6.07 Å². The van der Waals surface area contributed by atoms with Crippen molar-refractivity contribution in [2.75, 3.05) is 13.1 Å². The van der Waals surface area contributed by atoms with Crippen LogP contribution in [0.1, 0.15) is 33.6 Å². The summed E-state index contributed by atoms with van der Waals surface area (Å²) >= 11 is 0. The van der Waals surface area contributed by atoms with Crippen molar-refractivity contribution in [2.45, 2.75) is 18.9 Å². The average molecular weight is 344 g/mol. The fourth-order valence-corrected chi connectivity index (χ4v) is 2.95. The average Bonchev–Trinajstić information content (AvgIpc) is 2.64. The highest BCUT2D eigenvalue weighted by molar-refractivity contribution is 5.95. The molecule has 0 spiro atoms. The summed E-state index contributed by atoms with van der Waals surface area (Å²) in [6.45, 7) is 1.02. The minimum Gasteiger partial charge on any atom is -0.348 e. The van der Waals surface area contributed by atoms with Crippen molar-refractivity contribution in [2.24, 2.45) is 0 Å². The summed E-state index contributed by atoms with van der Waals surface area (Å²) < 4.78 is 26.2. The first-order valence-corrected chi connectivity index (χ1v) is 8.15. The van der Waals surface area contributed by atoms with Gasteiger partial charge in [0, 0.05) is 30.3 Å². The Morgan fingerprint density at radius 2 is 1.76 bits per heavy atom. The number of rotatable bonds is 3. The molecule has 1 aliphatic heterocycles. The van der Waals surface area contributed by atoms with Gasteiger partial charge in [0.05, 0.1) is 0 Å². The van der Waals surface area contributed by atoms with E-state index >= 15 is 0 Å². The maximum Gasteiger partial charge on any atom is 0.253 e. The molecule has 2 aromatic rings. The number of nitrogens with zero attached hydrogens (tertiary/aromatic N) is 1. The van der Waals surface area contributed by atoms with Crippen LogP contribution in [-0.2, 0) is 0 Å². The minimum atomic E-state index is -1.06. The van der Waals surface area contributed by atoms with Gasteiger partial charge >= 0.3 is 0 Å². The zero-order chi connectivity index (χ0) is 17.8. The quantitative estimate of drug-likeness (QED) is 0.931. The molecule has 1 atom stereocenters. The number of halogens is 2. The molecule has 130 valence electrons. The number of likely N-dealkylation sites (tertiary alicyclic amines) is 1. The fraction of sp³-hybridized carbons (Fsp3) is 0.263. The van der Waals surface area contributed by atoms with Gasteiger partial charge in [-0.3, -0.25) is 9.59 Å². The summed E-state index contributed by atoms with van der Waals surface area (Å²) in [6.07, 6.45) is 1.50. The van der Waals surface area contributed by atoms with Crippen molar-refractivity contribution in [1.82, 2.24) is 10.2 Å². The van der Waals surface area contributed by atoms with Crippen molar-refractivity contribution < 1.29 is 18.4 Å². The third-order valence-electron chi connectivity index (χ3n) is 4.25. The van der Waals surface area contributed by atoms with Crippen LogP contribution in [0.25, 0.3) is 0 Å². The number of carbonyl (C=O) groups is 2. The molecule has 0 aromatic heterocycles. The van der Waals surface area contributed by atoms with Gasteiger partial charge in [-0.1, -0.05) is 18.2 Å². The summed E-state index contributed by atoms with van der Waals surface area (Å²) in [5.41, 5.74) is 0.667. The van der Waals surface area contributed by atoms with Gasteiger partial charge in [0.1, 0.15) is 0 Å². The van der Waals surface area contributed by atoms with Gasteiger partial charge in [-0.15, -0.1) is 0 Å². The van der Waals surface area contributed by atoms with Gasteiger partial charge in [-0.2, -0.15) is 0 Å². The number of piperidine rings is 1. The lowest BCUT2D eigenvalue weighted by atomic mass is 10.0. The third-order valence-corrected chi connectivity index (χ3v) is 4.25. The van der Waals surface area contributed by atoms with Crippen molar-refractivity contribution >= 4 is 11.8 Å². The third kappa shape index (κ3) is 4.02. The predicted octanol–water partition coefficient (Wildman–Crippen LogP) is 3.00. The highest BCUT2D eigenvalue weighted by Gasteiger charge is 2.25. The van der Waals surface area contributed by atoms with E-state index in [0.717, 1.165) is 25.0 Å². The zero-order valence-electron chi connectivity index (χ0n) is 13.5. The van der Waals surface area contributed by atoms with Crippen molar-refractivity contribution in [1.29, 1.82) is 0 Å². The number of nitrogens with one attached hydrogen (secondary N) is 1. The summed E-state index contributed by atoms with van der Waals surface area (Å²) in [5.74, 6) is -2.60. The highest BCUT2D eigenvalue weighted by atomic mass is 19.2. The molecule has 1 heterocycles. The Morgan fingerprint density at radius 1 is 1.00 bits per heavy atom. The lowest BCUT2D eigenvalue weighted by Crippen LogP contribution is -2.49. The van der Waals surface area contributed by atoms with Crippen LogP contribution in [0.4, 0.5) is 8.78 Å². The molecule has 0 radical (unpaired) electrons. The number of benzene rings is 2. The zero-order valence-corrected chi connectivity index (χ0v) is 13.5. The molecule has 2 amide bonds. The summed E-state index contributed by atoms with van der Waals surface area (Å²) in [7, 11) is 0. The van der Waals surface area contributed by atoms with Gasteiger partial charge in [0.25, 0.3) is 11.8 Å². The van der Waals surface area contributed by atoms with E-state index in [1.54, 1.807) is 29.2 Å². The first-order chi connectivity index (χ1) is 12.0. The second-order valence-corrected chi connectivity index (χ2v) is 6.06. The molecule has 0 aliphatic carbocycles. The molecule has 2 aromatic carbocycles. The molecule has 1 fully saturated rings. The molecule has 0 saturated carbocycles. The predicted molar refractivity (Wildman–Crippen MR) is 89.2 cm³/mol. The van der Waals surface area contributed by atoms with Crippen molar-refractivity contribution in [3.05, 3.63) is 71.3 Å². The van der Waals surface area contributed by atoms with E-state index < -0.39 is 17.5 Å². The largest absolute Gasteiger partial charge is 0.348 e. The van der Waals surface area contributed by atoms with Gasteiger partial charge in [0.2, 0.25) is 0 Å². The van der Waals surface area contributed by atoms with E-state index in [2.05, 4.69) is 5.32 Å². The van der Waals surface area contributed by atoms with Crippen molar-refractivity contribution in [3.63, 3.8) is 0 Å². The monoisotopic (exact) mass is 344 g/mol. The Morgan fingerprint density at radius 3 is 2.48 bits per heavy atom. The first-order valence-electron chi connectivity index (χ1n) is 8.15. The summed E-state index contributed by atoms with van der Waals surface area (Å²) in [6, 6.07) is 11.8. The van der Waals surface area contributed by atoms with Crippen LogP contribution in [-0.4, -0.2) is 35.8 Å². The van der Waals surface area contributed by atoms with E-state index in [-0.39, 0.29) is 17.5 Å². The second kappa shape index (κ2) is 7.42. The van der Waals surface area contributed by atoms with Gasteiger partial charge < -0.3 is 10.2 Å². The molecule has 1 aliphatic rings. The van der Waals surface area contributed by atoms with E-state index in [1.165, 1.54) is 6.07 Å². The number of carbonyl (C=O) groups excluding carboxylic acids is 2. The lowest BCUT2D eigenvalue weighted by Gasteiger charge is -2.33. The van der Waals surface area contributed by atoms with Crippen LogP contribution in [0.15, 0.2) is 48.5 Å². The normalized spacial score (nSPS) is 17.2. The molecule has 6 heteroatoms. The Labute approximate surface area is 144 Å². The molecule has 1 saturated heterocycles. The van der Waals surface area contributed by atoms with Crippen LogP contribution in [0, 0.1) is 11.6 Å². The minimum absolute atomic E-state index is 0.0606. The Hall–Kier alpha value is -2.76. The Kier molecular flexibility index (Phi) is 5.07. The van der Waals surface area contributed by atoms with E-state index in [0.29, 0.717) is 18.7 Å². The van der Waals surface area contributed by atoms with Crippen LogP contribution >= 0.6 is 0 Å². The molecule has 0 unspecified atom stereocenters. The fourth-order valence-electron chi connectivity index (χ4n) is 2.95. The maximum absolute atomic E-state index is 13.3. The summed E-state index contributed by atoms with van der Waals surface area (Å²) in [4.78, 5) is 26.4. The van der Waals surface area contributed by atoms with E-state index in [9.17, 15) is 18.4 Å². The number of hydrogen-bond acceptors (Lipinski definition) is 2. The van der Waals surface area contributed by atoms with Gasteiger partial charge in [-0.05, 0) is 43.2 Å². The molecule has 0 bridgehead atoms. The molecular weight excluding hydrogens is 326 g/mol.